The van der Waals surface area contributed by atoms with Crippen LogP contribution >= 0.6 is 34.2 Å². The van der Waals surface area contributed by atoms with Crippen molar-refractivity contribution in [1.29, 1.82) is 0 Å². The van der Waals surface area contributed by atoms with Gasteiger partial charge in [-0.2, -0.15) is 0 Å². The number of carbonyl (C=O) groups is 2. The summed E-state index contributed by atoms with van der Waals surface area (Å²) >= 11 is 8.37. The van der Waals surface area contributed by atoms with E-state index in [0.717, 1.165) is 13.7 Å². The van der Waals surface area contributed by atoms with Crippen LogP contribution in [-0.4, -0.2) is 35.0 Å². The molecule has 0 bridgehead atoms. The van der Waals surface area contributed by atoms with Crippen LogP contribution in [0.25, 0.3) is 10.9 Å². The summed E-state index contributed by atoms with van der Waals surface area (Å²) < 4.78 is 13.6. The van der Waals surface area contributed by atoms with Gasteiger partial charge < -0.3 is 14.8 Å². The molecule has 0 saturated carbocycles. The SMILES string of the molecule is COc1cc(OC)c(NC(=O)Cn2c(=O)n(CC(=O)Cc3ccc(I)cc3)c(=O)c3ccccc32)cc1Cl. The Kier molecular flexibility index (Phi) is 8.52. The first-order chi connectivity index (χ1) is 18.2. The van der Waals surface area contributed by atoms with Gasteiger partial charge in [0.2, 0.25) is 5.91 Å². The van der Waals surface area contributed by atoms with E-state index in [4.69, 9.17) is 21.1 Å². The fourth-order valence-electron chi connectivity index (χ4n) is 4.02. The predicted octanol–water partition coefficient (Wildman–Crippen LogP) is 3.89. The van der Waals surface area contributed by atoms with E-state index in [0.29, 0.717) is 11.5 Å². The van der Waals surface area contributed by atoms with Crippen molar-refractivity contribution in [3.05, 3.63) is 95.7 Å². The van der Waals surface area contributed by atoms with E-state index < -0.39 is 30.2 Å². The number of fused-ring (bicyclic) bond motifs is 1. The fourth-order valence-corrected chi connectivity index (χ4v) is 4.62. The van der Waals surface area contributed by atoms with Crippen molar-refractivity contribution in [2.75, 3.05) is 19.5 Å². The van der Waals surface area contributed by atoms with Gasteiger partial charge in [-0.3, -0.25) is 23.5 Å². The predicted molar refractivity (Wildman–Crippen MR) is 154 cm³/mol. The summed E-state index contributed by atoms with van der Waals surface area (Å²) in [7, 11) is 2.88. The molecule has 0 aliphatic carbocycles. The van der Waals surface area contributed by atoms with Gasteiger partial charge in [0.1, 0.15) is 18.0 Å². The molecule has 1 N–H and O–H groups in total. The number of benzene rings is 3. The molecule has 0 atom stereocenters. The number of nitrogens with one attached hydrogen (secondary N) is 1. The number of nitrogens with zero attached hydrogens (tertiary/aromatic N) is 2. The Morgan fingerprint density at radius 2 is 1.61 bits per heavy atom. The fraction of sp³-hybridized carbons (Fsp3) is 0.185. The molecule has 196 valence electrons. The summed E-state index contributed by atoms with van der Waals surface area (Å²) in [4.78, 5) is 52.4. The lowest BCUT2D eigenvalue weighted by Gasteiger charge is -2.16. The molecule has 0 aliphatic rings. The van der Waals surface area contributed by atoms with Gasteiger partial charge in [-0.05, 0) is 58.5 Å². The van der Waals surface area contributed by atoms with Gasteiger partial charge in [-0.25, -0.2) is 4.79 Å². The average Bonchev–Trinajstić information content (AvgIpc) is 2.90. The van der Waals surface area contributed by atoms with Crippen LogP contribution in [0.15, 0.2) is 70.3 Å². The number of halogens is 2. The van der Waals surface area contributed by atoms with Crippen LogP contribution < -0.4 is 26.0 Å². The summed E-state index contributed by atoms with van der Waals surface area (Å²) in [5, 5.41) is 3.16. The zero-order valence-corrected chi connectivity index (χ0v) is 23.4. The van der Waals surface area contributed by atoms with Crippen LogP contribution in [0.2, 0.25) is 5.02 Å². The zero-order valence-electron chi connectivity index (χ0n) is 20.5. The summed E-state index contributed by atoms with van der Waals surface area (Å²) in [6.45, 7) is -0.838. The van der Waals surface area contributed by atoms with Gasteiger partial charge in [-0.15, -0.1) is 0 Å². The van der Waals surface area contributed by atoms with Crippen molar-refractivity contribution in [3.63, 3.8) is 0 Å². The van der Waals surface area contributed by atoms with E-state index in [2.05, 4.69) is 27.9 Å². The third-order valence-corrected chi connectivity index (χ3v) is 6.85. The number of anilines is 1. The van der Waals surface area contributed by atoms with Gasteiger partial charge in [0.05, 0.1) is 42.4 Å². The molecular formula is C27H23ClIN3O6. The summed E-state index contributed by atoms with van der Waals surface area (Å²) in [5.74, 6) is -0.199. The molecule has 0 unspecified atom stereocenters. The first kappa shape index (κ1) is 27.4. The molecule has 0 saturated heterocycles. The number of para-hydroxylation sites is 1. The van der Waals surface area contributed by atoms with Crippen molar-refractivity contribution < 1.29 is 19.1 Å². The van der Waals surface area contributed by atoms with Crippen molar-refractivity contribution in [2.24, 2.45) is 0 Å². The van der Waals surface area contributed by atoms with E-state index >= 15 is 0 Å². The van der Waals surface area contributed by atoms with Crippen LogP contribution in [0, 0.1) is 3.57 Å². The number of hydrogen-bond donors (Lipinski definition) is 1. The first-order valence-corrected chi connectivity index (χ1v) is 12.9. The molecule has 4 aromatic rings. The van der Waals surface area contributed by atoms with E-state index in [-0.39, 0.29) is 33.8 Å². The highest BCUT2D eigenvalue weighted by molar-refractivity contribution is 14.1. The largest absolute Gasteiger partial charge is 0.495 e. The van der Waals surface area contributed by atoms with E-state index in [1.54, 1.807) is 24.3 Å². The maximum absolute atomic E-state index is 13.4. The number of ketones is 1. The van der Waals surface area contributed by atoms with Crippen LogP contribution in [0.4, 0.5) is 5.69 Å². The van der Waals surface area contributed by atoms with E-state index in [9.17, 15) is 19.2 Å². The number of methoxy groups -OCH3 is 2. The number of aromatic nitrogens is 2. The second-order valence-corrected chi connectivity index (χ2v) is 10.0. The van der Waals surface area contributed by atoms with Gasteiger partial charge in [0.25, 0.3) is 5.56 Å². The standard InChI is InChI=1S/C27H23ClIN3O6/c1-37-23-13-24(38-2)21(12-20(23)28)30-25(34)15-31-22-6-4-3-5-19(22)26(35)32(27(31)36)14-18(33)11-16-7-9-17(29)10-8-16/h3-10,12-13H,11,14-15H2,1-2H3,(H,30,34). The molecular weight excluding hydrogens is 625 g/mol. The van der Waals surface area contributed by atoms with Crippen molar-refractivity contribution in [1.82, 2.24) is 9.13 Å². The highest BCUT2D eigenvalue weighted by Gasteiger charge is 2.19. The second-order valence-electron chi connectivity index (χ2n) is 8.35. The molecule has 0 aliphatic heterocycles. The number of Topliss-reactive ketones (excluding diaryl/α,β-unsaturated/α-hetero) is 1. The number of rotatable bonds is 9. The van der Waals surface area contributed by atoms with Crippen LogP contribution in [-0.2, 0) is 29.1 Å². The maximum atomic E-state index is 13.4. The van der Waals surface area contributed by atoms with Crippen LogP contribution in [0.5, 0.6) is 11.5 Å². The zero-order chi connectivity index (χ0) is 27.4. The van der Waals surface area contributed by atoms with E-state index in [1.807, 2.05) is 24.3 Å². The third-order valence-electron chi connectivity index (χ3n) is 5.83. The molecule has 3 aromatic carbocycles. The Morgan fingerprint density at radius 1 is 0.921 bits per heavy atom. The number of ether oxygens (including phenoxy) is 2. The molecule has 4 rings (SSSR count). The number of amides is 1. The molecule has 38 heavy (non-hydrogen) atoms. The molecule has 11 heteroatoms. The minimum Gasteiger partial charge on any atom is -0.495 e. The lowest BCUT2D eigenvalue weighted by molar-refractivity contribution is -0.119. The van der Waals surface area contributed by atoms with Gasteiger partial charge >= 0.3 is 5.69 Å². The van der Waals surface area contributed by atoms with Gasteiger partial charge in [-0.1, -0.05) is 35.9 Å². The van der Waals surface area contributed by atoms with Crippen molar-refractivity contribution >= 4 is 62.5 Å². The highest BCUT2D eigenvalue weighted by Crippen LogP contribution is 2.35. The minimum atomic E-state index is -0.764. The molecule has 0 radical (unpaired) electrons. The molecule has 9 nitrogen and oxygen atoms in total. The molecule has 1 aromatic heterocycles. The normalized spacial score (nSPS) is 10.8. The Hall–Kier alpha value is -3.64. The molecule has 1 amide bonds. The van der Waals surface area contributed by atoms with Crippen molar-refractivity contribution in [3.8, 4) is 11.5 Å². The lowest BCUT2D eigenvalue weighted by Crippen LogP contribution is -2.43. The molecule has 1 heterocycles. The molecule has 0 fully saturated rings. The molecule has 0 spiro atoms. The first-order valence-electron chi connectivity index (χ1n) is 11.4. The second kappa shape index (κ2) is 11.8. The summed E-state index contributed by atoms with van der Waals surface area (Å²) in [6, 6.07) is 16.8. The van der Waals surface area contributed by atoms with Gasteiger partial charge in [0.15, 0.2) is 5.78 Å². The van der Waals surface area contributed by atoms with Crippen molar-refractivity contribution in [2.45, 2.75) is 19.5 Å². The Labute approximate surface area is 236 Å². The van der Waals surface area contributed by atoms with Gasteiger partial charge in [0, 0.05) is 16.1 Å². The quantitative estimate of drug-likeness (QED) is 0.276. The Bertz CT molecular complexity index is 1650. The number of hydrogen-bond acceptors (Lipinski definition) is 6. The average molecular weight is 648 g/mol. The van der Waals surface area contributed by atoms with E-state index in [1.165, 1.54) is 30.9 Å². The summed E-state index contributed by atoms with van der Waals surface area (Å²) in [6.07, 6.45) is 0.0636. The minimum absolute atomic E-state index is 0.0636. The lowest BCUT2D eigenvalue weighted by atomic mass is 10.1. The Balaban J connectivity index is 1.66. The maximum Gasteiger partial charge on any atom is 0.332 e. The topological polar surface area (TPSA) is 109 Å². The summed E-state index contributed by atoms with van der Waals surface area (Å²) in [5.41, 5.74) is -0.0298. The monoisotopic (exact) mass is 647 g/mol. The van der Waals surface area contributed by atoms with Crippen LogP contribution in [0.3, 0.4) is 0 Å². The third kappa shape index (κ3) is 5.91. The van der Waals surface area contributed by atoms with Crippen LogP contribution in [0.1, 0.15) is 5.56 Å². The highest BCUT2D eigenvalue weighted by atomic mass is 127. The number of carbonyl (C=O) groups excluding carboxylic acids is 2. The smallest absolute Gasteiger partial charge is 0.332 e. The Morgan fingerprint density at radius 3 is 2.29 bits per heavy atom.